The van der Waals surface area contributed by atoms with Crippen molar-refractivity contribution in [1.82, 2.24) is 20.0 Å². The molecule has 0 aliphatic carbocycles. The third-order valence-electron chi connectivity index (χ3n) is 2.67. The van der Waals surface area contributed by atoms with E-state index >= 15 is 0 Å². The first kappa shape index (κ1) is 11.3. The Morgan fingerprint density at radius 2 is 2.05 bits per heavy atom. The lowest BCUT2D eigenvalue weighted by atomic mass is 10.3. The van der Waals surface area contributed by atoms with Gasteiger partial charge >= 0.3 is 0 Å². The fourth-order valence-electron chi connectivity index (χ4n) is 1.74. The third kappa shape index (κ3) is 1.91. The Labute approximate surface area is 107 Å². The summed E-state index contributed by atoms with van der Waals surface area (Å²) >= 11 is 0. The second-order valence-corrected chi connectivity index (χ2v) is 3.81. The lowest BCUT2D eigenvalue weighted by molar-refractivity contribution is -0.111. The maximum Gasteiger partial charge on any atom is 0.237 e. The molecule has 2 heterocycles. The lowest BCUT2D eigenvalue weighted by Crippen LogP contribution is -2.15. The number of carbonyl (C=O) groups is 1. The Morgan fingerprint density at radius 1 is 1.21 bits per heavy atom. The summed E-state index contributed by atoms with van der Waals surface area (Å²) < 4.78 is 1.59. The highest BCUT2D eigenvalue weighted by Gasteiger charge is 2.08. The van der Waals surface area contributed by atoms with Crippen LogP contribution in [0.25, 0.3) is 16.9 Å². The molecule has 7 nitrogen and oxygen atoms in total. The van der Waals surface area contributed by atoms with Crippen molar-refractivity contribution in [1.29, 1.82) is 0 Å². The summed E-state index contributed by atoms with van der Waals surface area (Å²) in [6, 6.07) is 10.7. The van der Waals surface area contributed by atoms with Crippen LogP contribution < -0.4 is 5.06 Å². The van der Waals surface area contributed by atoms with Gasteiger partial charge in [-0.05, 0) is 24.3 Å². The normalized spacial score (nSPS) is 10.6. The SMILES string of the molecule is O=CN(O)c1ccc(-n2nnc3ccccc32)nc1. The molecule has 0 spiro atoms. The largest absolute Gasteiger partial charge is 0.281 e. The predicted molar refractivity (Wildman–Crippen MR) is 67.0 cm³/mol. The maximum atomic E-state index is 10.4. The van der Waals surface area contributed by atoms with Gasteiger partial charge in [0.05, 0.1) is 17.4 Å². The number of anilines is 1. The minimum Gasteiger partial charge on any atom is -0.281 e. The van der Waals surface area contributed by atoms with Crippen LogP contribution in [0.4, 0.5) is 5.69 Å². The zero-order valence-corrected chi connectivity index (χ0v) is 9.71. The van der Waals surface area contributed by atoms with Gasteiger partial charge in [0.1, 0.15) is 5.52 Å². The van der Waals surface area contributed by atoms with Crippen LogP contribution in [0.3, 0.4) is 0 Å². The van der Waals surface area contributed by atoms with Crippen LogP contribution in [0, 0.1) is 0 Å². The molecule has 19 heavy (non-hydrogen) atoms. The number of hydroxylamine groups is 1. The van der Waals surface area contributed by atoms with E-state index in [0.717, 1.165) is 11.0 Å². The Bertz CT molecular complexity index is 722. The number of aromatic nitrogens is 4. The molecule has 1 N–H and O–H groups in total. The zero-order chi connectivity index (χ0) is 13.2. The second-order valence-electron chi connectivity index (χ2n) is 3.81. The second kappa shape index (κ2) is 4.46. The molecular formula is C12H9N5O2. The molecule has 2 aromatic heterocycles. The predicted octanol–water partition coefficient (Wildman–Crippen LogP) is 1.17. The van der Waals surface area contributed by atoms with Crippen molar-refractivity contribution in [3.05, 3.63) is 42.6 Å². The number of pyridine rings is 1. The number of para-hydroxylation sites is 1. The summed E-state index contributed by atoms with van der Waals surface area (Å²) in [7, 11) is 0. The van der Waals surface area contributed by atoms with E-state index in [1.807, 2.05) is 24.3 Å². The van der Waals surface area contributed by atoms with Gasteiger partial charge in [-0.3, -0.25) is 10.0 Å². The van der Waals surface area contributed by atoms with Gasteiger partial charge in [-0.15, -0.1) is 5.10 Å². The number of hydrogen-bond acceptors (Lipinski definition) is 5. The number of fused-ring (bicyclic) bond motifs is 1. The maximum absolute atomic E-state index is 10.4. The summed E-state index contributed by atoms with van der Waals surface area (Å²) in [6.07, 6.45) is 1.67. The average molecular weight is 255 g/mol. The molecule has 0 saturated carbocycles. The van der Waals surface area contributed by atoms with E-state index in [2.05, 4.69) is 15.3 Å². The molecule has 0 aliphatic rings. The van der Waals surface area contributed by atoms with Crippen LogP contribution in [0.5, 0.6) is 0 Å². The van der Waals surface area contributed by atoms with E-state index in [0.29, 0.717) is 17.3 Å². The van der Waals surface area contributed by atoms with Crippen molar-refractivity contribution in [2.24, 2.45) is 0 Å². The Kier molecular flexibility index (Phi) is 2.66. The van der Waals surface area contributed by atoms with Gasteiger partial charge in [0.2, 0.25) is 6.41 Å². The fraction of sp³-hybridized carbons (Fsp3) is 0. The molecule has 7 heteroatoms. The first-order valence-electron chi connectivity index (χ1n) is 5.50. The summed E-state index contributed by atoms with van der Waals surface area (Å²) in [5.74, 6) is 0.553. The standard InChI is InChI=1S/C12H9N5O2/c18-8-16(19)9-5-6-12(13-7-9)17-11-4-2-1-3-10(11)14-15-17/h1-8,19H. The van der Waals surface area contributed by atoms with Crippen LogP contribution in [0.2, 0.25) is 0 Å². The van der Waals surface area contributed by atoms with Crippen molar-refractivity contribution >= 4 is 23.1 Å². The molecule has 1 aromatic carbocycles. The molecule has 0 fully saturated rings. The molecule has 0 saturated heterocycles. The van der Waals surface area contributed by atoms with Gasteiger partial charge in [-0.1, -0.05) is 17.3 Å². The van der Waals surface area contributed by atoms with E-state index in [4.69, 9.17) is 0 Å². The summed E-state index contributed by atoms with van der Waals surface area (Å²) in [5.41, 5.74) is 1.88. The molecule has 0 atom stereocenters. The topological polar surface area (TPSA) is 84.1 Å². The molecule has 0 bridgehead atoms. The van der Waals surface area contributed by atoms with Gasteiger partial charge in [0.15, 0.2) is 5.82 Å². The van der Waals surface area contributed by atoms with Gasteiger partial charge in [-0.2, -0.15) is 9.75 Å². The Morgan fingerprint density at radius 3 is 2.79 bits per heavy atom. The molecular weight excluding hydrogens is 246 g/mol. The minimum absolute atomic E-state index is 0.281. The summed E-state index contributed by atoms with van der Waals surface area (Å²) in [4.78, 5) is 14.6. The van der Waals surface area contributed by atoms with Crippen molar-refractivity contribution in [3.63, 3.8) is 0 Å². The average Bonchev–Trinajstić information content (AvgIpc) is 2.90. The summed E-state index contributed by atoms with van der Waals surface area (Å²) in [5, 5.41) is 17.7. The lowest BCUT2D eigenvalue weighted by Gasteiger charge is -2.08. The van der Waals surface area contributed by atoms with E-state index < -0.39 is 0 Å². The highest BCUT2D eigenvalue weighted by atomic mass is 16.5. The van der Waals surface area contributed by atoms with Crippen molar-refractivity contribution < 1.29 is 10.0 Å². The number of rotatable bonds is 3. The van der Waals surface area contributed by atoms with Crippen LogP contribution in [-0.4, -0.2) is 31.6 Å². The van der Waals surface area contributed by atoms with Gasteiger partial charge < -0.3 is 0 Å². The molecule has 3 rings (SSSR count). The molecule has 0 aliphatic heterocycles. The van der Waals surface area contributed by atoms with Gasteiger partial charge in [0.25, 0.3) is 0 Å². The number of hydrogen-bond donors (Lipinski definition) is 1. The number of nitrogens with zero attached hydrogens (tertiary/aromatic N) is 5. The molecule has 0 radical (unpaired) electrons. The third-order valence-corrected chi connectivity index (χ3v) is 2.67. The Hall–Kier alpha value is -2.80. The number of amides is 1. The van der Waals surface area contributed by atoms with Crippen LogP contribution >= 0.6 is 0 Å². The molecule has 3 aromatic rings. The van der Waals surface area contributed by atoms with Gasteiger partial charge in [-0.25, -0.2) is 4.98 Å². The molecule has 94 valence electrons. The highest BCUT2D eigenvalue weighted by molar-refractivity contribution is 5.76. The quantitative estimate of drug-likeness (QED) is 0.431. The van der Waals surface area contributed by atoms with Crippen molar-refractivity contribution in [3.8, 4) is 5.82 Å². The van der Waals surface area contributed by atoms with Crippen molar-refractivity contribution in [2.75, 3.05) is 5.06 Å². The van der Waals surface area contributed by atoms with Gasteiger partial charge in [0, 0.05) is 0 Å². The van der Waals surface area contributed by atoms with E-state index in [1.165, 1.54) is 6.20 Å². The number of benzene rings is 1. The fourth-order valence-corrected chi connectivity index (χ4v) is 1.74. The van der Waals surface area contributed by atoms with Crippen molar-refractivity contribution in [2.45, 2.75) is 0 Å². The van der Waals surface area contributed by atoms with E-state index in [9.17, 15) is 10.0 Å². The zero-order valence-electron chi connectivity index (χ0n) is 9.71. The smallest absolute Gasteiger partial charge is 0.237 e. The first-order valence-corrected chi connectivity index (χ1v) is 5.50. The number of carbonyl (C=O) groups excluding carboxylic acids is 1. The van der Waals surface area contributed by atoms with E-state index in [-0.39, 0.29) is 5.69 Å². The van der Waals surface area contributed by atoms with E-state index in [1.54, 1.807) is 16.8 Å². The minimum atomic E-state index is 0.281. The molecule has 1 amide bonds. The van der Waals surface area contributed by atoms with Crippen LogP contribution in [-0.2, 0) is 4.79 Å². The van der Waals surface area contributed by atoms with Crippen LogP contribution in [0.1, 0.15) is 0 Å². The Balaban J connectivity index is 2.05. The highest BCUT2D eigenvalue weighted by Crippen LogP contribution is 2.16. The summed E-state index contributed by atoms with van der Waals surface area (Å²) in [6.45, 7) is 0. The van der Waals surface area contributed by atoms with Crippen LogP contribution in [0.15, 0.2) is 42.6 Å². The monoisotopic (exact) mass is 255 g/mol. The molecule has 0 unspecified atom stereocenters. The first-order chi connectivity index (χ1) is 9.29.